The molecule has 0 aromatic heterocycles. The van der Waals surface area contributed by atoms with Crippen molar-refractivity contribution in [2.45, 2.75) is 18.2 Å². The van der Waals surface area contributed by atoms with E-state index in [1.165, 1.54) is 21.9 Å². The van der Waals surface area contributed by atoms with Crippen molar-refractivity contribution in [1.29, 1.82) is 0 Å². The largest absolute Gasteiger partial charge is 0.0840 e. The van der Waals surface area contributed by atoms with E-state index in [4.69, 9.17) is 11.6 Å². The molecule has 0 amide bonds. The van der Waals surface area contributed by atoms with Crippen LogP contribution in [0.15, 0.2) is 60.7 Å². The lowest BCUT2D eigenvalue weighted by Gasteiger charge is -2.12. The van der Waals surface area contributed by atoms with Crippen molar-refractivity contribution in [3.8, 4) is 0 Å². The summed E-state index contributed by atoms with van der Waals surface area (Å²) in [5, 5.41) is 3.40. The fraction of sp³-hybridized carbons (Fsp3) is 0.158. The number of fused-ring (bicyclic) bond motifs is 1. The van der Waals surface area contributed by atoms with E-state index in [0.717, 1.165) is 17.0 Å². The minimum absolute atomic E-state index is 0.275. The van der Waals surface area contributed by atoms with Gasteiger partial charge in [0.1, 0.15) is 0 Å². The van der Waals surface area contributed by atoms with E-state index in [-0.39, 0.29) is 4.83 Å². The van der Waals surface area contributed by atoms with Crippen molar-refractivity contribution in [3.05, 3.63) is 82.4 Å². The molecular weight excluding hydrogens is 344 g/mol. The number of aryl methyl sites for hydroxylation is 1. The Kier molecular flexibility index (Phi) is 4.32. The molecule has 0 spiro atoms. The topological polar surface area (TPSA) is 0 Å². The number of rotatable bonds is 3. The molecular formula is C19H16BrCl. The summed E-state index contributed by atoms with van der Waals surface area (Å²) in [6.07, 6.45) is 0.949. The molecule has 1 atom stereocenters. The Morgan fingerprint density at radius 2 is 1.71 bits per heavy atom. The van der Waals surface area contributed by atoms with E-state index < -0.39 is 0 Å². The van der Waals surface area contributed by atoms with Gasteiger partial charge < -0.3 is 0 Å². The van der Waals surface area contributed by atoms with E-state index in [9.17, 15) is 0 Å². The van der Waals surface area contributed by atoms with Gasteiger partial charge in [-0.2, -0.15) is 0 Å². The predicted octanol–water partition coefficient (Wildman–Crippen LogP) is 6.48. The lowest BCUT2D eigenvalue weighted by Crippen LogP contribution is -1.96. The highest BCUT2D eigenvalue weighted by Gasteiger charge is 2.10. The summed E-state index contributed by atoms with van der Waals surface area (Å²) in [5.41, 5.74) is 3.66. The Bertz CT molecular complexity index is 779. The van der Waals surface area contributed by atoms with E-state index >= 15 is 0 Å². The third-order valence-corrected chi connectivity index (χ3v) is 5.05. The zero-order valence-corrected chi connectivity index (χ0v) is 14.2. The van der Waals surface area contributed by atoms with Gasteiger partial charge in [0, 0.05) is 9.85 Å². The minimum atomic E-state index is 0.275. The number of halogens is 2. The summed E-state index contributed by atoms with van der Waals surface area (Å²) in [6, 6.07) is 21.4. The average Bonchev–Trinajstić information content (AvgIpc) is 2.50. The SMILES string of the molecule is Cc1ccc(C(Br)Cc2ccc3ccccc3c2)cc1Cl. The van der Waals surface area contributed by atoms with Crippen LogP contribution in [0.25, 0.3) is 10.8 Å². The molecule has 21 heavy (non-hydrogen) atoms. The number of hydrogen-bond donors (Lipinski definition) is 0. The monoisotopic (exact) mass is 358 g/mol. The van der Waals surface area contributed by atoms with Crippen LogP contribution in [0.4, 0.5) is 0 Å². The van der Waals surface area contributed by atoms with Crippen LogP contribution < -0.4 is 0 Å². The van der Waals surface area contributed by atoms with Gasteiger partial charge in [0.05, 0.1) is 0 Å². The fourth-order valence-electron chi connectivity index (χ4n) is 2.49. The average molecular weight is 360 g/mol. The summed E-state index contributed by atoms with van der Waals surface area (Å²) in [6.45, 7) is 2.03. The molecule has 0 aliphatic carbocycles. The maximum absolute atomic E-state index is 6.22. The Hall–Kier alpha value is -1.31. The van der Waals surface area contributed by atoms with Gasteiger partial charge in [0.2, 0.25) is 0 Å². The van der Waals surface area contributed by atoms with E-state index in [2.05, 4.69) is 76.6 Å². The first-order chi connectivity index (χ1) is 10.1. The molecule has 0 radical (unpaired) electrons. The molecule has 2 heteroatoms. The van der Waals surface area contributed by atoms with Crippen LogP contribution in [0.1, 0.15) is 21.5 Å². The van der Waals surface area contributed by atoms with Gasteiger partial charge in [-0.15, -0.1) is 0 Å². The van der Waals surface area contributed by atoms with Crippen LogP contribution in [-0.2, 0) is 6.42 Å². The molecule has 0 saturated carbocycles. The second-order valence-corrected chi connectivity index (χ2v) is 6.87. The molecule has 3 aromatic rings. The maximum atomic E-state index is 6.22. The van der Waals surface area contributed by atoms with Gasteiger partial charge in [-0.05, 0) is 46.9 Å². The van der Waals surface area contributed by atoms with Gasteiger partial charge in [-0.3, -0.25) is 0 Å². The van der Waals surface area contributed by atoms with E-state index in [1.807, 2.05) is 6.92 Å². The number of benzene rings is 3. The Morgan fingerprint density at radius 1 is 0.952 bits per heavy atom. The molecule has 1 unspecified atom stereocenters. The highest BCUT2D eigenvalue weighted by molar-refractivity contribution is 9.09. The van der Waals surface area contributed by atoms with Crippen molar-refractivity contribution >= 4 is 38.3 Å². The van der Waals surface area contributed by atoms with Crippen molar-refractivity contribution in [1.82, 2.24) is 0 Å². The molecule has 0 nitrogen and oxygen atoms in total. The molecule has 0 saturated heterocycles. The van der Waals surface area contributed by atoms with Crippen molar-refractivity contribution in [2.75, 3.05) is 0 Å². The first-order valence-corrected chi connectivity index (χ1v) is 8.30. The van der Waals surface area contributed by atoms with Gasteiger partial charge >= 0.3 is 0 Å². The molecule has 0 aliphatic rings. The predicted molar refractivity (Wildman–Crippen MR) is 95.5 cm³/mol. The highest BCUT2D eigenvalue weighted by Crippen LogP contribution is 2.30. The van der Waals surface area contributed by atoms with Crippen LogP contribution in [0.5, 0.6) is 0 Å². The Morgan fingerprint density at radius 3 is 2.48 bits per heavy atom. The summed E-state index contributed by atoms with van der Waals surface area (Å²) >= 11 is 10.0. The first-order valence-electron chi connectivity index (χ1n) is 7.01. The quantitative estimate of drug-likeness (QED) is 0.469. The van der Waals surface area contributed by atoms with Crippen LogP contribution in [0.3, 0.4) is 0 Å². The molecule has 0 aliphatic heterocycles. The van der Waals surface area contributed by atoms with E-state index in [1.54, 1.807) is 0 Å². The minimum Gasteiger partial charge on any atom is -0.0840 e. The van der Waals surface area contributed by atoms with Gasteiger partial charge in [-0.1, -0.05) is 82.1 Å². The van der Waals surface area contributed by atoms with Crippen molar-refractivity contribution in [2.24, 2.45) is 0 Å². The third kappa shape index (κ3) is 3.30. The van der Waals surface area contributed by atoms with Crippen molar-refractivity contribution < 1.29 is 0 Å². The Labute approximate surface area is 138 Å². The fourth-order valence-corrected chi connectivity index (χ4v) is 3.34. The second kappa shape index (κ2) is 6.21. The normalized spacial score (nSPS) is 12.5. The Balaban J connectivity index is 1.85. The van der Waals surface area contributed by atoms with Gasteiger partial charge in [0.15, 0.2) is 0 Å². The van der Waals surface area contributed by atoms with Crippen molar-refractivity contribution in [3.63, 3.8) is 0 Å². The summed E-state index contributed by atoms with van der Waals surface area (Å²) < 4.78 is 0. The van der Waals surface area contributed by atoms with Crippen LogP contribution in [0, 0.1) is 6.92 Å². The molecule has 0 bridgehead atoms. The number of alkyl halides is 1. The van der Waals surface area contributed by atoms with Crippen LogP contribution in [-0.4, -0.2) is 0 Å². The molecule has 0 fully saturated rings. The molecule has 3 aromatic carbocycles. The van der Waals surface area contributed by atoms with E-state index in [0.29, 0.717) is 0 Å². The maximum Gasteiger partial charge on any atom is 0.0438 e. The zero-order valence-electron chi connectivity index (χ0n) is 11.8. The van der Waals surface area contributed by atoms with Gasteiger partial charge in [0.25, 0.3) is 0 Å². The first kappa shape index (κ1) is 14.6. The highest BCUT2D eigenvalue weighted by atomic mass is 79.9. The summed E-state index contributed by atoms with van der Waals surface area (Å²) in [4.78, 5) is 0.275. The smallest absolute Gasteiger partial charge is 0.0438 e. The standard InChI is InChI=1S/C19H16BrCl/c1-13-6-8-17(12-19(13)21)18(20)11-14-7-9-15-4-2-3-5-16(15)10-14/h2-10,12,18H,11H2,1H3. The number of hydrogen-bond acceptors (Lipinski definition) is 0. The molecule has 0 heterocycles. The van der Waals surface area contributed by atoms with Gasteiger partial charge in [-0.25, -0.2) is 0 Å². The molecule has 106 valence electrons. The molecule has 3 rings (SSSR count). The van der Waals surface area contributed by atoms with Crippen LogP contribution in [0.2, 0.25) is 5.02 Å². The third-order valence-electron chi connectivity index (χ3n) is 3.79. The lowest BCUT2D eigenvalue weighted by molar-refractivity contribution is 0.950. The summed E-state index contributed by atoms with van der Waals surface area (Å²) in [5.74, 6) is 0. The second-order valence-electron chi connectivity index (χ2n) is 5.36. The summed E-state index contributed by atoms with van der Waals surface area (Å²) in [7, 11) is 0. The zero-order chi connectivity index (χ0) is 14.8. The molecule has 0 N–H and O–H groups in total. The lowest BCUT2D eigenvalue weighted by atomic mass is 10.0. The van der Waals surface area contributed by atoms with Crippen LogP contribution >= 0.6 is 27.5 Å².